The van der Waals surface area contributed by atoms with Crippen molar-refractivity contribution in [2.24, 2.45) is 0 Å². The number of hydrogen-bond donors (Lipinski definition) is 0. The zero-order chi connectivity index (χ0) is 11.6. The fourth-order valence-electron chi connectivity index (χ4n) is 0.978. The van der Waals surface area contributed by atoms with Crippen LogP contribution >= 0.6 is 31.9 Å². The molecule has 0 atom stereocenters. The molecule has 0 aliphatic heterocycles. The summed E-state index contributed by atoms with van der Waals surface area (Å²) < 4.78 is 31.0. The van der Waals surface area contributed by atoms with Gasteiger partial charge in [-0.25, -0.2) is 8.78 Å². The van der Waals surface area contributed by atoms with E-state index in [1.54, 1.807) is 0 Å². The number of halogens is 4. The first-order valence-electron chi connectivity index (χ1n) is 3.86. The van der Waals surface area contributed by atoms with E-state index in [-0.39, 0.29) is 20.9 Å². The zero-order valence-corrected chi connectivity index (χ0v) is 10.8. The van der Waals surface area contributed by atoms with E-state index in [1.807, 2.05) is 0 Å². The van der Waals surface area contributed by atoms with Gasteiger partial charge in [-0.1, -0.05) is 0 Å². The third-order valence-corrected chi connectivity index (χ3v) is 3.79. The lowest BCUT2D eigenvalue weighted by Crippen LogP contribution is -2.07. The predicted octanol–water partition coefficient (Wildman–Crippen LogP) is 3.21. The molecule has 0 radical (unpaired) electrons. The van der Waals surface area contributed by atoms with Gasteiger partial charge in [0.1, 0.15) is 11.6 Å². The summed E-state index contributed by atoms with van der Waals surface area (Å²) in [5, 5.41) is 0. The summed E-state index contributed by atoms with van der Waals surface area (Å²) in [5.74, 6) is -1.93. The molecule has 15 heavy (non-hydrogen) atoms. The standard InChI is InChI=1S/C9H6Br2F2O2/c1-15-6(14)3-4-2-5(12)7(10)8(11)9(4)13/h2H,3H2,1H3. The minimum absolute atomic E-state index is 0.00591. The molecule has 0 N–H and O–H groups in total. The van der Waals surface area contributed by atoms with E-state index < -0.39 is 17.6 Å². The Morgan fingerprint density at radius 3 is 2.53 bits per heavy atom. The van der Waals surface area contributed by atoms with Crippen LogP contribution < -0.4 is 0 Å². The molecule has 0 spiro atoms. The van der Waals surface area contributed by atoms with E-state index in [1.165, 1.54) is 7.11 Å². The normalized spacial score (nSPS) is 10.2. The topological polar surface area (TPSA) is 26.3 Å². The Bertz CT molecular complexity index is 408. The quantitative estimate of drug-likeness (QED) is 0.468. The van der Waals surface area contributed by atoms with Crippen LogP contribution in [-0.4, -0.2) is 13.1 Å². The van der Waals surface area contributed by atoms with Gasteiger partial charge < -0.3 is 4.74 Å². The Kier molecular flexibility index (Phi) is 4.21. The monoisotopic (exact) mass is 342 g/mol. The minimum Gasteiger partial charge on any atom is -0.469 e. The zero-order valence-electron chi connectivity index (χ0n) is 7.61. The van der Waals surface area contributed by atoms with Gasteiger partial charge in [0.05, 0.1) is 22.5 Å². The molecule has 0 aliphatic carbocycles. The number of ether oxygens (including phenoxy) is 1. The molecular formula is C9H6Br2F2O2. The maximum Gasteiger partial charge on any atom is 0.310 e. The molecule has 0 aliphatic rings. The summed E-state index contributed by atoms with van der Waals surface area (Å²) in [6, 6.07) is 0.959. The highest BCUT2D eigenvalue weighted by Crippen LogP contribution is 2.31. The smallest absolute Gasteiger partial charge is 0.310 e. The van der Waals surface area contributed by atoms with E-state index in [0.717, 1.165) is 6.07 Å². The molecular weight excluding hydrogens is 338 g/mol. The highest BCUT2D eigenvalue weighted by molar-refractivity contribution is 9.13. The Hall–Kier alpha value is -0.490. The minimum atomic E-state index is -0.673. The van der Waals surface area contributed by atoms with Crippen LogP contribution in [0.3, 0.4) is 0 Å². The van der Waals surface area contributed by atoms with E-state index >= 15 is 0 Å². The first kappa shape index (κ1) is 12.6. The summed E-state index contributed by atoms with van der Waals surface area (Å²) in [6.45, 7) is 0. The average Bonchev–Trinajstić information content (AvgIpc) is 2.22. The van der Waals surface area contributed by atoms with Crippen molar-refractivity contribution in [3.05, 3.63) is 32.2 Å². The lowest BCUT2D eigenvalue weighted by molar-refractivity contribution is -0.139. The van der Waals surface area contributed by atoms with Crippen molar-refractivity contribution in [1.29, 1.82) is 0 Å². The molecule has 82 valence electrons. The molecule has 0 saturated heterocycles. The third-order valence-electron chi connectivity index (χ3n) is 1.74. The number of rotatable bonds is 2. The van der Waals surface area contributed by atoms with Crippen LogP contribution in [0.2, 0.25) is 0 Å². The van der Waals surface area contributed by atoms with Gasteiger partial charge in [0, 0.05) is 5.56 Å². The van der Waals surface area contributed by atoms with Crippen molar-refractivity contribution >= 4 is 37.8 Å². The molecule has 0 amide bonds. The van der Waals surface area contributed by atoms with Crippen LogP contribution in [0.15, 0.2) is 15.0 Å². The Morgan fingerprint density at radius 1 is 1.40 bits per heavy atom. The van der Waals surface area contributed by atoms with Crippen molar-refractivity contribution in [1.82, 2.24) is 0 Å². The van der Waals surface area contributed by atoms with Gasteiger partial charge in [-0.15, -0.1) is 0 Å². The average molecular weight is 344 g/mol. The number of carbonyl (C=O) groups excluding carboxylic acids is 1. The van der Waals surface area contributed by atoms with Gasteiger partial charge in [0.2, 0.25) is 0 Å². The van der Waals surface area contributed by atoms with E-state index in [4.69, 9.17) is 0 Å². The Morgan fingerprint density at radius 2 is 2.00 bits per heavy atom. The predicted molar refractivity (Wildman–Crippen MR) is 57.5 cm³/mol. The van der Waals surface area contributed by atoms with Crippen molar-refractivity contribution in [2.75, 3.05) is 7.11 Å². The third kappa shape index (κ3) is 2.75. The fourth-order valence-corrected chi connectivity index (χ4v) is 1.71. The van der Waals surface area contributed by atoms with E-state index in [2.05, 4.69) is 36.6 Å². The lowest BCUT2D eigenvalue weighted by atomic mass is 10.1. The molecule has 1 rings (SSSR count). The molecule has 0 saturated carbocycles. The first-order valence-corrected chi connectivity index (χ1v) is 5.44. The summed E-state index contributed by atoms with van der Waals surface area (Å²) in [5.41, 5.74) is -0.0468. The largest absolute Gasteiger partial charge is 0.469 e. The molecule has 0 aromatic heterocycles. The van der Waals surface area contributed by atoms with E-state index in [0.29, 0.717) is 0 Å². The highest BCUT2D eigenvalue weighted by atomic mass is 79.9. The van der Waals surface area contributed by atoms with Gasteiger partial charge in [-0.2, -0.15) is 0 Å². The van der Waals surface area contributed by atoms with Crippen LogP contribution in [0.25, 0.3) is 0 Å². The molecule has 1 aromatic carbocycles. The van der Waals surface area contributed by atoms with Crippen LogP contribution in [-0.2, 0) is 16.0 Å². The second-order valence-corrected chi connectivity index (χ2v) is 4.30. The van der Waals surface area contributed by atoms with Gasteiger partial charge in [-0.3, -0.25) is 4.79 Å². The second kappa shape index (κ2) is 5.03. The summed E-state index contributed by atoms with van der Waals surface area (Å²) in [6.07, 6.45) is -0.300. The molecule has 1 aromatic rings. The van der Waals surface area contributed by atoms with Crippen LogP contribution in [0, 0.1) is 11.6 Å². The lowest BCUT2D eigenvalue weighted by Gasteiger charge is -2.06. The number of hydrogen-bond acceptors (Lipinski definition) is 2. The van der Waals surface area contributed by atoms with Gasteiger partial charge in [0.15, 0.2) is 0 Å². The first-order chi connectivity index (χ1) is 6.97. The van der Waals surface area contributed by atoms with Crippen LogP contribution in [0.5, 0.6) is 0 Å². The highest BCUT2D eigenvalue weighted by Gasteiger charge is 2.17. The Balaban J connectivity index is 3.15. The van der Waals surface area contributed by atoms with Crippen molar-refractivity contribution in [3.8, 4) is 0 Å². The number of benzene rings is 1. The summed E-state index contributed by atoms with van der Waals surface area (Å²) in [7, 11) is 1.19. The van der Waals surface area contributed by atoms with Crippen molar-refractivity contribution in [3.63, 3.8) is 0 Å². The number of carbonyl (C=O) groups is 1. The van der Waals surface area contributed by atoms with Crippen molar-refractivity contribution < 1.29 is 18.3 Å². The molecule has 2 nitrogen and oxygen atoms in total. The maximum absolute atomic E-state index is 13.5. The second-order valence-electron chi connectivity index (χ2n) is 2.71. The van der Waals surface area contributed by atoms with Crippen molar-refractivity contribution in [2.45, 2.75) is 6.42 Å². The summed E-state index contributed by atoms with van der Waals surface area (Å²) >= 11 is 5.75. The van der Waals surface area contributed by atoms with Gasteiger partial charge >= 0.3 is 5.97 Å². The number of methoxy groups -OCH3 is 1. The fraction of sp³-hybridized carbons (Fsp3) is 0.222. The van der Waals surface area contributed by atoms with Crippen LogP contribution in [0.4, 0.5) is 8.78 Å². The molecule has 6 heteroatoms. The molecule has 0 heterocycles. The Labute approximate surface area is 102 Å². The SMILES string of the molecule is COC(=O)Cc1cc(F)c(Br)c(Br)c1F. The summed E-state index contributed by atoms with van der Waals surface area (Å²) in [4.78, 5) is 10.9. The maximum atomic E-state index is 13.5. The molecule has 0 fully saturated rings. The number of esters is 1. The van der Waals surface area contributed by atoms with Crippen LogP contribution in [0.1, 0.15) is 5.56 Å². The van der Waals surface area contributed by atoms with Gasteiger partial charge in [0.25, 0.3) is 0 Å². The molecule has 0 unspecified atom stereocenters. The molecule has 0 bridgehead atoms. The van der Waals surface area contributed by atoms with Gasteiger partial charge in [-0.05, 0) is 37.9 Å². The van der Waals surface area contributed by atoms with E-state index in [9.17, 15) is 13.6 Å².